The van der Waals surface area contributed by atoms with E-state index in [9.17, 15) is 14.0 Å². The van der Waals surface area contributed by atoms with Crippen LogP contribution in [0.3, 0.4) is 0 Å². The van der Waals surface area contributed by atoms with Gasteiger partial charge >= 0.3 is 6.09 Å². The SMILES string of the molecule is CC(C)(C)OC(=O)NC1CCN(C(=O)Cc2c(F)cccc2Cl)CC1. The molecule has 1 aromatic carbocycles. The van der Waals surface area contributed by atoms with Gasteiger partial charge in [-0.15, -0.1) is 0 Å². The van der Waals surface area contributed by atoms with Crippen LogP contribution in [0.2, 0.25) is 5.02 Å². The predicted octanol–water partition coefficient (Wildman–Crippen LogP) is 3.54. The van der Waals surface area contributed by atoms with Crippen molar-refractivity contribution in [3.63, 3.8) is 0 Å². The summed E-state index contributed by atoms with van der Waals surface area (Å²) < 4.78 is 19.0. The van der Waals surface area contributed by atoms with Crippen LogP contribution in [0.4, 0.5) is 9.18 Å². The highest BCUT2D eigenvalue weighted by Crippen LogP contribution is 2.21. The normalized spacial score (nSPS) is 15.8. The Labute approximate surface area is 152 Å². The molecule has 7 heteroatoms. The number of likely N-dealkylation sites (tertiary alicyclic amines) is 1. The zero-order valence-corrected chi connectivity index (χ0v) is 15.5. The largest absolute Gasteiger partial charge is 0.444 e. The lowest BCUT2D eigenvalue weighted by Crippen LogP contribution is -2.48. The first-order valence-electron chi connectivity index (χ1n) is 8.36. The van der Waals surface area contributed by atoms with Crippen molar-refractivity contribution >= 4 is 23.6 Å². The predicted molar refractivity (Wildman–Crippen MR) is 94.1 cm³/mol. The Kier molecular flexibility index (Phi) is 6.27. The molecule has 1 aromatic rings. The van der Waals surface area contributed by atoms with E-state index in [1.165, 1.54) is 12.1 Å². The molecule has 0 unspecified atom stereocenters. The highest BCUT2D eigenvalue weighted by Gasteiger charge is 2.26. The number of nitrogens with zero attached hydrogens (tertiary/aromatic N) is 1. The van der Waals surface area contributed by atoms with E-state index in [1.54, 1.807) is 11.0 Å². The summed E-state index contributed by atoms with van der Waals surface area (Å²) in [7, 11) is 0. The molecule has 138 valence electrons. The third-order valence-electron chi connectivity index (χ3n) is 3.96. The van der Waals surface area contributed by atoms with Gasteiger partial charge in [-0.3, -0.25) is 4.79 Å². The van der Waals surface area contributed by atoms with E-state index in [1.807, 2.05) is 20.8 Å². The van der Waals surface area contributed by atoms with E-state index in [0.717, 1.165) is 0 Å². The molecule has 0 aliphatic carbocycles. The summed E-state index contributed by atoms with van der Waals surface area (Å²) >= 11 is 5.97. The number of rotatable bonds is 3. The topological polar surface area (TPSA) is 58.6 Å². The molecule has 1 aliphatic heterocycles. The van der Waals surface area contributed by atoms with E-state index in [2.05, 4.69) is 5.32 Å². The summed E-state index contributed by atoms with van der Waals surface area (Å²) in [5.74, 6) is -0.634. The molecule has 1 saturated heterocycles. The maximum Gasteiger partial charge on any atom is 0.407 e. The van der Waals surface area contributed by atoms with E-state index >= 15 is 0 Å². The number of piperidine rings is 1. The first kappa shape index (κ1) is 19.5. The second-order valence-corrected chi connectivity index (χ2v) is 7.59. The fourth-order valence-corrected chi connectivity index (χ4v) is 2.94. The number of ether oxygens (including phenoxy) is 1. The average molecular weight is 371 g/mol. The van der Waals surface area contributed by atoms with Gasteiger partial charge in [0.05, 0.1) is 6.42 Å². The van der Waals surface area contributed by atoms with Crippen LogP contribution in [0.1, 0.15) is 39.2 Å². The van der Waals surface area contributed by atoms with E-state index in [-0.39, 0.29) is 29.0 Å². The van der Waals surface area contributed by atoms with Gasteiger partial charge in [0, 0.05) is 29.7 Å². The number of hydrogen-bond donors (Lipinski definition) is 1. The molecule has 25 heavy (non-hydrogen) atoms. The van der Waals surface area contributed by atoms with Crippen molar-refractivity contribution in [2.24, 2.45) is 0 Å². The molecule has 1 aliphatic rings. The quantitative estimate of drug-likeness (QED) is 0.885. The minimum Gasteiger partial charge on any atom is -0.444 e. The number of halogens is 2. The molecule has 2 amide bonds. The van der Waals surface area contributed by atoms with Crippen molar-refractivity contribution in [2.45, 2.75) is 51.7 Å². The highest BCUT2D eigenvalue weighted by atomic mass is 35.5. The Balaban J connectivity index is 1.83. The minimum absolute atomic E-state index is 0.0315. The lowest BCUT2D eigenvalue weighted by molar-refractivity contribution is -0.131. The molecular formula is C18H24ClFN2O3. The van der Waals surface area contributed by atoms with Gasteiger partial charge in [-0.05, 0) is 45.7 Å². The number of hydrogen-bond acceptors (Lipinski definition) is 3. The molecule has 0 aromatic heterocycles. The highest BCUT2D eigenvalue weighted by molar-refractivity contribution is 6.31. The maximum absolute atomic E-state index is 13.8. The van der Waals surface area contributed by atoms with Gasteiger partial charge in [0.2, 0.25) is 5.91 Å². The van der Waals surface area contributed by atoms with Crippen LogP contribution in [0.5, 0.6) is 0 Å². The summed E-state index contributed by atoms with van der Waals surface area (Å²) in [6.07, 6.45) is 0.761. The maximum atomic E-state index is 13.8. The molecule has 2 rings (SSSR count). The zero-order valence-electron chi connectivity index (χ0n) is 14.8. The monoisotopic (exact) mass is 370 g/mol. The number of carbonyl (C=O) groups excluding carboxylic acids is 2. The summed E-state index contributed by atoms with van der Waals surface area (Å²) in [4.78, 5) is 25.8. The van der Waals surface area contributed by atoms with Gasteiger partial charge in [0.15, 0.2) is 0 Å². The van der Waals surface area contributed by atoms with Gasteiger partial charge < -0.3 is 15.0 Å². The molecule has 0 spiro atoms. The Morgan fingerprint density at radius 2 is 1.96 bits per heavy atom. The Morgan fingerprint density at radius 3 is 2.52 bits per heavy atom. The third-order valence-corrected chi connectivity index (χ3v) is 4.31. The van der Waals surface area contributed by atoms with E-state index < -0.39 is 17.5 Å². The fraction of sp³-hybridized carbons (Fsp3) is 0.556. The number of carbonyl (C=O) groups is 2. The number of nitrogens with one attached hydrogen (secondary N) is 1. The van der Waals surface area contributed by atoms with Gasteiger partial charge in [-0.1, -0.05) is 17.7 Å². The summed E-state index contributed by atoms with van der Waals surface area (Å²) in [5, 5.41) is 3.08. The second-order valence-electron chi connectivity index (χ2n) is 7.18. The summed E-state index contributed by atoms with van der Waals surface area (Å²) in [6.45, 7) is 6.43. The van der Waals surface area contributed by atoms with Crippen LogP contribution in [0, 0.1) is 5.82 Å². The lowest BCUT2D eigenvalue weighted by Gasteiger charge is -2.33. The number of alkyl carbamates (subject to hydrolysis) is 1. The van der Waals surface area contributed by atoms with Gasteiger partial charge in [-0.2, -0.15) is 0 Å². The van der Waals surface area contributed by atoms with Crippen molar-refractivity contribution < 1.29 is 18.7 Å². The lowest BCUT2D eigenvalue weighted by atomic mass is 10.0. The van der Waals surface area contributed by atoms with Crippen molar-refractivity contribution in [3.8, 4) is 0 Å². The average Bonchev–Trinajstić information content (AvgIpc) is 2.49. The molecule has 0 atom stereocenters. The standard InChI is InChI=1S/C18H24ClFN2O3/c1-18(2,3)25-17(24)21-12-7-9-22(10-8-12)16(23)11-13-14(19)5-4-6-15(13)20/h4-6,12H,7-11H2,1-3H3,(H,21,24). The van der Waals surface area contributed by atoms with Crippen molar-refractivity contribution in [1.82, 2.24) is 10.2 Å². The van der Waals surface area contributed by atoms with Crippen molar-refractivity contribution in [1.29, 1.82) is 0 Å². The van der Waals surface area contributed by atoms with Crippen LogP contribution < -0.4 is 5.32 Å². The molecule has 5 nitrogen and oxygen atoms in total. The Hall–Kier alpha value is -1.82. The van der Waals surface area contributed by atoms with Gasteiger partial charge in [0.1, 0.15) is 11.4 Å². The Bertz CT molecular complexity index is 617. The van der Waals surface area contributed by atoms with E-state index in [4.69, 9.17) is 16.3 Å². The summed E-state index contributed by atoms with van der Waals surface area (Å²) in [5.41, 5.74) is -0.317. The molecule has 1 heterocycles. The van der Waals surface area contributed by atoms with Crippen LogP contribution in [0.15, 0.2) is 18.2 Å². The molecule has 1 N–H and O–H groups in total. The molecule has 0 radical (unpaired) electrons. The smallest absolute Gasteiger partial charge is 0.407 e. The fourth-order valence-electron chi connectivity index (χ4n) is 2.71. The van der Waals surface area contributed by atoms with Crippen LogP contribution in [-0.2, 0) is 16.0 Å². The Morgan fingerprint density at radius 1 is 1.32 bits per heavy atom. The van der Waals surface area contributed by atoms with Crippen LogP contribution in [0.25, 0.3) is 0 Å². The van der Waals surface area contributed by atoms with E-state index in [0.29, 0.717) is 25.9 Å². The van der Waals surface area contributed by atoms with Crippen molar-refractivity contribution in [3.05, 3.63) is 34.6 Å². The number of benzene rings is 1. The minimum atomic E-state index is -0.542. The molecular weight excluding hydrogens is 347 g/mol. The van der Waals surface area contributed by atoms with Gasteiger partial charge in [0.25, 0.3) is 0 Å². The first-order valence-corrected chi connectivity index (χ1v) is 8.73. The number of amides is 2. The van der Waals surface area contributed by atoms with Crippen molar-refractivity contribution in [2.75, 3.05) is 13.1 Å². The summed E-state index contributed by atoms with van der Waals surface area (Å²) in [6, 6.07) is 4.35. The second kappa shape index (κ2) is 8.04. The third kappa shape index (κ3) is 5.88. The first-order chi connectivity index (χ1) is 11.7. The molecule has 0 bridgehead atoms. The molecule has 0 saturated carbocycles. The van der Waals surface area contributed by atoms with Crippen LogP contribution >= 0.6 is 11.6 Å². The zero-order chi connectivity index (χ0) is 18.6. The van der Waals surface area contributed by atoms with Gasteiger partial charge in [-0.25, -0.2) is 9.18 Å². The van der Waals surface area contributed by atoms with Crippen LogP contribution in [-0.4, -0.2) is 41.6 Å². The molecule has 1 fully saturated rings.